The number of benzene rings is 1. The number of rotatable bonds is 10. The van der Waals surface area contributed by atoms with Gasteiger partial charge < -0.3 is 25.2 Å². The van der Waals surface area contributed by atoms with Gasteiger partial charge in [-0.3, -0.25) is 9.69 Å². The fraction of sp³-hybridized carbons (Fsp3) is 0.692. The second-order valence-electron chi connectivity index (χ2n) is 10.7. The molecule has 0 spiro atoms. The average Bonchev–Trinajstić information content (AvgIpc) is 3.14. The Morgan fingerprint density at radius 2 is 1.89 bits per heavy atom. The molecule has 2 heterocycles. The van der Waals surface area contributed by atoms with Crippen LogP contribution in [-0.2, 0) is 20.7 Å². The predicted molar refractivity (Wildman–Crippen MR) is 130 cm³/mol. The van der Waals surface area contributed by atoms with E-state index in [-0.39, 0.29) is 30.9 Å². The summed E-state index contributed by atoms with van der Waals surface area (Å²) < 4.78 is 39.3. The molecule has 2 aliphatic rings. The molecule has 0 aromatic heterocycles. The number of carbonyl (C=O) groups is 2. The lowest BCUT2D eigenvalue weighted by molar-refractivity contribution is -0.128. The minimum atomic E-state index is -1.22. The van der Waals surface area contributed by atoms with E-state index in [1.807, 2.05) is 0 Å². The van der Waals surface area contributed by atoms with E-state index < -0.39 is 41.5 Å². The maximum absolute atomic E-state index is 13.9. The molecule has 202 valence electrons. The Kier molecular flexibility index (Phi) is 9.66. The predicted octanol–water partition coefficient (Wildman–Crippen LogP) is 2.77. The molecule has 0 saturated carbocycles. The molecule has 2 saturated heterocycles. The van der Waals surface area contributed by atoms with Crippen LogP contribution in [0.2, 0.25) is 0 Å². The number of amides is 2. The van der Waals surface area contributed by atoms with Crippen LogP contribution in [0.3, 0.4) is 0 Å². The van der Waals surface area contributed by atoms with Crippen molar-refractivity contribution >= 4 is 12.0 Å². The van der Waals surface area contributed by atoms with Crippen LogP contribution in [0.4, 0.5) is 13.6 Å². The number of hydrogen-bond donors (Lipinski definition) is 3. The molecule has 2 amide bonds. The van der Waals surface area contributed by atoms with Crippen LogP contribution in [0.15, 0.2) is 18.2 Å². The summed E-state index contributed by atoms with van der Waals surface area (Å²) >= 11 is 0. The lowest BCUT2D eigenvalue weighted by Crippen LogP contribution is -2.58. The van der Waals surface area contributed by atoms with Crippen molar-refractivity contribution < 1.29 is 33.0 Å². The molecule has 2 aliphatic heterocycles. The highest BCUT2D eigenvalue weighted by atomic mass is 19.1. The van der Waals surface area contributed by atoms with E-state index >= 15 is 0 Å². The smallest absolute Gasteiger partial charge is 0.410 e. The fourth-order valence-electron chi connectivity index (χ4n) is 4.48. The highest BCUT2D eigenvalue weighted by Gasteiger charge is 2.44. The highest BCUT2D eigenvalue weighted by molar-refractivity contribution is 5.80. The Bertz CT molecular complexity index is 886. The van der Waals surface area contributed by atoms with Gasteiger partial charge in [0.2, 0.25) is 5.91 Å². The van der Waals surface area contributed by atoms with Crippen LogP contribution >= 0.6 is 0 Å². The van der Waals surface area contributed by atoms with Crippen LogP contribution in [0.25, 0.3) is 0 Å². The van der Waals surface area contributed by atoms with E-state index in [1.54, 1.807) is 20.8 Å². The summed E-state index contributed by atoms with van der Waals surface area (Å²) in [6.45, 7) is 9.14. The summed E-state index contributed by atoms with van der Waals surface area (Å²) in [5.41, 5.74) is -0.446. The van der Waals surface area contributed by atoms with E-state index in [9.17, 15) is 23.5 Å². The number of carbonyl (C=O) groups excluding carboxylic acids is 2. The van der Waals surface area contributed by atoms with Gasteiger partial charge in [-0.05, 0) is 57.7 Å². The van der Waals surface area contributed by atoms with Crippen molar-refractivity contribution in [1.82, 2.24) is 15.5 Å². The van der Waals surface area contributed by atoms with Gasteiger partial charge in [-0.25, -0.2) is 13.6 Å². The fourth-order valence-corrected chi connectivity index (χ4v) is 4.48. The van der Waals surface area contributed by atoms with Crippen LogP contribution in [0.1, 0.15) is 52.5 Å². The lowest BCUT2D eigenvalue weighted by atomic mass is 9.93. The quantitative estimate of drug-likeness (QED) is 0.418. The minimum Gasteiger partial charge on any atom is -0.444 e. The van der Waals surface area contributed by atoms with Crippen molar-refractivity contribution in [2.75, 3.05) is 26.2 Å². The van der Waals surface area contributed by atoms with E-state index in [1.165, 1.54) is 17.0 Å². The Morgan fingerprint density at radius 3 is 2.44 bits per heavy atom. The molecule has 0 unspecified atom stereocenters. The van der Waals surface area contributed by atoms with Crippen molar-refractivity contribution in [2.24, 2.45) is 5.92 Å². The summed E-state index contributed by atoms with van der Waals surface area (Å²) in [5.74, 6) is -1.99. The number of halogens is 2. The minimum absolute atomic E-state index is 0.0122. The van der Waals surface area contributed by atoms with E-state index in [2.05, 4.69) is 17.6 Å². The third-order valence-electron chi connectivity index (χ3n) is 6.45. The van der Waals surface area contributed by atoms with Gasteiger partial charge in [-0.2, -0.15) is 0 Å². The number of nitrogens with one attached hydrogen (secondary N) is 2. The van der Waals surface area contributed by atoms with Gasteiger partial charge in [-0.15, -0.1) is 0 Å². The Balaban J connectivity index is 1.83. The standard InChI is InChI=1S/C26H39F2N3O5/c1-5-6-7-35-20-12-22(31(15-20)25(34)36-26(2,3)4)23(32)21(30-24(33)17-13-29-14-17)10-16-8-18(27)11-19(28)9-16/h8-9,11,17,20-23,29,32H,5-7,10,12-15H2,1-4H3,(H,30,33)/t20-,21+,22-,23+/m1/s1. The van der Waals surface area contributed by atoms with Gasteiger partial charge in [0.1, 0.15) is 17.2 Å². The maximum Gasteiger partial charge on any atom is 0.410 e. The van der Waals surface area contributed by atoms with Crippen molar-refractivity contribution in [2.45, 2.75) is 83.3 Å². The number of aliphatic hydroxyl groups is 1. The number of unbranched alkanes of at least 4 members (excludes halogenated alkanes) is 1. The first-order valence-corrected chi connectivity index (χ1v) is 12.7. The average molecular weight is 512 g/mol. The SMILES string of the molecule is CCCCO[C@@H]1C[C@H]([C@@H](O)[C@H](Cc2cc(F)cc(F)c2)NC(=O)C2CNC2)N(C(=O)OC(C)(C)C)C1. The first kappa shape index (κ1) is 28.3. The molecule has 36 heavy (non-hydrogen) atoms. The molecule has 3 N–H and O–H groups in total. The zero-order chi connectivity index (χ0) is 26.5. The monoisotopic (exact) mass is 511 g/mol. The van der Waals surface area contributed by atoms with Gasteiger partial charge in [-0.1, -0.05) is 13.3 Å². The summed E-state index contributed by atoms with van der Waals surface area (Å²) in [5, 5.41) is 17.4. The lowest BCUT2D eigenvalue weighted by Gasteiger charge is -2.36. The van der Waals surface area contributed by atoms with E-state index in [0.29, 0.717) is 31.7 Å². The molecule has 0 aliphatic carbocycles. The van der Waals surface area contributed by atoms with Crippen molar-refractivity contribution in [3.8, 4) is 0 Å². The zero-order valence-electron chi connectivity index (χ0n) is 21.6. The van der Waals surface area contributed by atoms with Crippen molar-refractivity contribution in [3.05, 3.63) is 35.4 Å². The Hall–Kier alpha value is -2.30. The molecule has 4 atom stereocenters. The number of nitrogens with zero attached hydrogens (tertiary/aromatic N) is 1. The summed E-state index contributed by atoms with van der Waals surface area (Å²) in [6, 6.07) is 1.53. The third-order valence-corrected chi connectivity index (χ3v) is 6.45. The van der Waals surface area contributed by atoms with E-state index in [4.69, 9.17) is 9.47 Å². The molecule has 2 fully saturated rings. The molecule has 3 rings (SSSR count). The largest absolute Gasteiger partial charge is 0.444 e. The van der Waals surface area contributed by atoms with Crippen LogP contribution in [-0.4, -0.2) is 78.1 Å². The van der Waals surface area contributed by atoms with Crippen LogP contribution < -0.4 is 10.6 Å². The molecule has 1 aromatic carbocycles. The second-order valence-corrected chi connectivity index (χ2v) is 10.7. The highest BCUT2D eigenvalue weighted by Crippen LogP contribution is 2.28. The van der Waals surface area contributed by atoms with E-state index in [0.717, 1.165) is 18.9 Å². The molecule has 0 radical (unpaired) electrons. The molecular weight excluding hydrogens is 472 g/mol. The Labute approximate surface area is 211 Å². The normalized spacial score (nSPS) is 22.1. The number of likely N-dealkylation sites (tertiary alicyclic amines) is 1. The molecule has 10 heteroatoms. The third kappa shape index (κ3) is 7.85. The van der Waals surface area contributed by atoms with Gasteiger partial charge in [0.15, 0.2) is 0 Å². The number of ether oxygens (including phenoxy) is 2. The van der Waals surface area contributed by atoms with Crippen molar-refractivity contribution in [1.29, 1.82) is 0 Å². The summed E-state index contributed by atoms with van der Waals surface area (Å²) in [6.07, 6.45) is 0.0558. The molecule has 0 bridgehead atoms. The second kappa shape index (κ2) is 12.3. The van der Waals surface area contributed by atoms with Gasteiger partial charge >= 0.3 is 6.09 Å². The first-order valence-electron chi connectivity index (χ1n) is 12.7. The van der Waals surface area contributed by atoms with Crippen LogP contribution in [0.5, 0.6) is 0 Å². The molecule has 1 aromatic rings. The Morgan fingerprint density at radius 1 is 1.22 bits per heavy atom. The summed E-state index contributed by atoms with van der Waals surface area (Å²) in [7, 11) is 0. The van der Waals surface area contributed by atoms with Crippen LogP contribution in [0, 0.1) is 17.6 Å². The number of aliphatic hydroxyl groups excluding tert-OH is 1. The maximum atomic E-state index is 13.9. The molecular formula is C26H39F2N3O5. The van der Waals surface area contributed by atoms with Gasteiger partial charge in [0.05, 0.1) is 36.8 Å². The van der Waals surface area contributed by atoms with Gasteiger partial charge in [0.25, 0.3) is 0 Å². The first-order chi connectivity index (χ1) is 17.0. The summed E-state index contributed by atoms with van der Waals surface area (Å²) in [4.78, 5) is 27.3. The molecule has 8 nitrogen and oxygen atoms in total. The topological polar surface area (TPSA) is 100 Å². The van der Waals surface area contributed by atoms with Gasteiger partial charge in [0, 0.05) is 25.8 Å². The van der Waals surface area contributed by atoms with Crippen molar-refractivity contribution in [3.63, 3.8) is 0 Å². The number of hydrogen-bond acceptors (Lipinski definition) is 6. The zero-order valence-corrected chi connectivity index (χ0v) is 21.6.